The molecule has 1 saturated heterocycles. The molecule has 0 saturated carbocycles. The summed E-state index contributed by atoms with van der Waals surface area (Å²) < 4.78 is 16.7. The van der Waals surface area contributed by atoms with Crippen molar-refractivity contribution >= 4 is 56.5 Å². The molecule has 2 aromatic rings. The molecule has 0 bridgehead atoms. The summed E-state index contributed by atoms with van der Waals surface area (Å²) in [6, 6.07) is 10.3. The summed E-state index contributed by atoms with van der Waals surface area (Å²) in [5.41, 5.74) is 1.66. The first-order chi connectivity index (χ1) is 15.9. The number of methoxy groups -OCH3 is 1. The number of carbonyl (C=O) groups is 2. The molecule has 170 valence electrons. The first-order valence-corrected chi connectivity index (χ1v) is 11.6. The largest absolute Gasteiger partial charge is 0.493 e. The van der Waals surface area contributed by atoms with Crippen LogP contribution < -0.4 is 14.8 Å². The second kappa shape index (κ2) is 11.6. The lowest BCUT2D eigenvalue weighted by Gasteiger charge is -2.12. The minimum absolute atomic E-state index is 0.102. The number of hydrogen-bond donors (Lipinski definition) is 1. The van der Waals surface area contributed by atoms with Crippen molar-refractivity contribution in [3.05, 3.63) is 56.9 Å². The van der Waals surface area contributed by atoms with Crippen LogP contribution in [-0.4, -0.2) is 37.4 Å². The summed E-state index contributed by atoms with van der Waals surface area (Å²) in [5, 5.41) is 3.15. The highest BCUT2D eigenvalue weighted by atomic mass is 79.9. The number of terminal acetylenes is 1. The summed E-state index contributed by atoms with van der Waals surface area (Å²) in [6.45, 7) is 2.39. The Hall–Kier alpha value is -3.22. The number of esters is 1. The Morgan fingerprint density at radius 1 is 1.33 bits per heavy atom. The van der Waals surface area contributed by atoms with E-state index in [0.29, 0.717) is 43.9 Å². The highest BCUT2D eigenvalue weighted by Crippen LogP contribution is 2.38. The van der Waals surface area contributed by atoms with Gasteiger partial charge in [-0.1, -0.05) is 18.9 Å². The van der Waals surface area contributed by atoms with E-state index in [-0.39, 0.29) is 12.5 Å². The zero-order valence-electron chi connectivity index (χ0n) is 18.0. The maximum absolute atomic E-state index is 12.5. The van der Waals surface area contributed by atoms with E-state index in [2.05, 4.69) is 32.2 Å². The highest BCUT2D eigenvalue weighted by Gasteiger charge is 2.24. The van der Waals surface area contributed by atoms with Crippen molar-refractivity contribution in [2.75, 3.05) is 20.3 Å². The zero-order chi connectivity index (χ0) is 23.8. The average molecular weight is 529 g/mol. The zero-order valence-corrected chi connectivity index (χ0v) is 20.4. The van der Waals surface area contributed by atoms with Crippen LogP contribution in [0.5, 0.6) is 11.5 Å². The predicted molar refractivity (Wildman–Crippen MR) is 133 cm³/mol. The fraction of sp³-hybridized carbons (Fsp3) is 0.208. The molecule has 0 aromatic heterocycles. The molecule has 0 atom stereocenters. The molecule has 1 heterocycles. The number of benzene rings is 2. The van der Waals surface area contributed by atoms with E-state index in [9.17, 15) is 9.59 Å². The Labute approximate surface area is 204 Å². The predicted octanol–water partition coefficient (Wildman–Crippen LogP) is 4.93. The van der Waals surface area contributed by atoms with Crippen molar-refractivity contribution in [2.45, 2.75) is 13.3 Å². The standard InChI is InChI=1S/C24H21BrN2O5S/c1-4-9-31-21-18(25)11-15(12-19(21)30-3)13-20-22(28)27-24(33-20)26-17-8-6-7-16(14-17)23(29)32-10-5-2/h1,6-8,11-14H,5,9-10H2,2-3H3,(H,26,27,28)/b20-13+. The first-order valence-electron chi connectivity index (χ1n) is 9.95. The number of hydrogen-bond acceptors (Lipinski definition) is 7. The first kappa shape index (κ1) is 24.4. The van der Waals surface area contributed by atoms with E-state index < -0.39 is 5.97 Å². The number of aliphatic imine (C=N–C) groups is 1. The van der Waals surface area contributed by atoms with E-state index in [4.69, 9.17) is 20.6 Å². The van der Waals surface area contributed by atoms with Crippen molar-refractivity contribution < 1.29 is 23.8 Å². The number of halogens is 1. The molecule has 0 spiro atoms. The molecule has 0 aliphatic carbocycles. The van der Waals surface area contributed by atoms with E-state index in [1.165, 1.54) is 18.9 Å². The Morgan fingerprint density at radius 3 is 2.88 bits per heavy atom. The third kappa shape index (κ3) is 6.40. The van der Waals surface area contributed by atoms with Crippen LogP contribution in [0.15, 0.2) is 50.8 Å². The monoisotopic (exact) mass is 528 g/mol. The molecule has 1 N–H and O–H groups in total. The van der Waals surface area contributed by atoms with Crippen LogP contribution in [0.3, 0.4) is 0 Å². The van der Waals surface area contributed by atoms with Gasteiger partial charge in [0, 0.05) is 0 Å². The van der Waals surface area contributed by atoms with E-state index >= 15 is 0 Å². The molecule has 2 aromatic carbocycles. The summed E-state index contributed by atoms with van der Waals surface area (Å²) >= 11 is 4.65. The van der Waals surface area contributed by atoms with Gasteiger partial charge in [0.1, 0.15) is 6.61 Å². The molecule has 1 fully saturated rings. The topological polar surface area (TPSA) is 86.2 Å². The molecule has 0 radical (unpaired) electrons. The molecular formula is C24H21BrN2O5S. The number of amides is 1. The minimum atomic E-state index is -0.406. The number of nitrogens with zero attached hydrogens (tertiary/aromatic N) is 1. The van der Waals surface area contributed by atoms with Crippen LogP contribution in [0, 0.1) is 12.3 Å². The van der Waals surface area contributed by atoms with Gasteiger partial charge in [0.15, 0.2) is 16.7 Å². The minimum Gasteiger partial charge on any atom is -0.493 e. The van der Waals surface area contributed by atoms with Crippen molar-refractivity contribution in [1.29, 1.82) is 0 Å². The van der Waals surface area contributed by atoms with Crippen molar-refractivity contribution in [3.8, 4) is 23.8 Å². The van der Waals surface area contributed by atoms with Gasteiger partial charge in [0.05, 0.1) is 34.3 Å². The van der Waals surface area contributed by atoms with E-state index in [1.807, 2.05) is 6.92 Å². The molecular weight excluding hydrogens is 508 g/mol. The van der Waals surface area contributed by atoms with Crippen LogP contribution in [0.4, 0.5) is 5.69 Å². The van der Waals surface area contributed by atoms with Gasteiger partial charge >= 0.3 is 5.97 Å². The summed E-state index contributed by atoms with van der Waals surface area (Å²) in [6.07, 6.45) is 7.73. The number of amidine groups is 1. The number of carbonyl (C=O) groups excluding carboxylic acids is 2. The lowest BCUT2D eigenvalue weighted by atomic mass is 10.2. The second-order valence-electron chi connectivity index (χ2n) is 6.69. The smallest absolute Gasteiger partial charge is 0.338 e. The van der Waals surface area contributed by atoms with Gasteiger partial charge in [-0.15, -0.1) is 6.42 Å². The molecule has 1 amide bonds. The molecule has 9 heteroatoms. The summed E-state index contributed by atoms with van der Waals surface area (Å²) in [7, 11) is 1.52. The second-order valence-corrected chi connectivity index (χ2v) is 8.58. The van der Waals surface area contributed by atoms with Gasteiger partial charge in [-0.3, -0.25) is 4.79 Å². The van der Waals surface area contributed by atoms with E-state index in [0.717, 1.165) is 12.0 Å². The van der Waals surface area contributed by atoms with Crippen LogP contribution in [-0.2, 0) is 9.53 Å². The van der Waals surface area contributed by atoms with Gasteiger partial charge in [0.2, 0.25) is 0 Å². The van der Waals surface area contributed by atoms with Gasteiger partial charge in [0.25, 0.3) is 5.91 Å². The lowest BCUT2D eigenvalue weighted by molar-refractivity contribution is -0.115. The van der Waals surface area contributed by atoms with Gasteiger partial charge < -0.3 is 19.5 Å². The van der Waals surface area contributed by atoms with Crippen molar-refractivity contribution in [2.24, 2.45) is 4.99 Å². The van der Waals surface area contributed by atoms with Crippen LogP contribution in [0.1, 0.15) is 29.3 Å². The Bertz CT molecular complexity index is 1170. The molecule has 1 aliphatic heterocycles. The maximum Gasteiger partial charge on any atom is 0.338 e. The molecule has 7 nitrogen and oxygen atoms in total. The third-order valence-corrected chi connectivity index (χ3v) is 5.75. The normalized spacial score (nSPS) is 15.3. The number of thioether (sulfide) groups is 1. The van der Waals surface area contributed by atoms with Gasteiger partial charge in [-0.05, 0) is 76.1 Å². The number of nitrogens with one attached hydrogen (secondary N) is 1. The fourth-order valence-corrected chi connectivity index (χ4v) is 4.22. The van der Waals surface area contributed by atoms with Crippen LogP contribution in [0.2, 0.25) is 0 Å². The molecule has 33 heavy (non-hydrogen) atoms. The number of ether oxygens (including phenoxy) is 3. The average Bonchev–Trinajstić information content (AvgIpc) is 3.14. The van der Waals surface area contributed by atoms with Crippen molar-refractivity contribution in [1.82, 2.24) is 5.32 Å². The molecule has 3 rings (SSSR count). The lowest BCUT2D eigenvalue weighted by Crippen LogP contribution is -2.19. The van der Waals surface area contributed by atoms with Gasteiger partial charge in [-0.2, -0.15) is 0 Å². The fourth-order valence-electron chi connectivity index (χ4n) is 2.81. The Kier molecular flexibility index (Phi) is 8.58. The summed E-state index contributed by atoms with van der Waals surface area (Å²) in [5.74, 6) is 2.70. The van der Waals surface area contributed by atoms with Crippen LogP contribution >= 0.6 is 27.7 Å². The Balaban J connectivity index is 1.80. The van der Waals surface area contributed by atoms with E-state index in [1.54, 1.807) is 42.5 Å². The van der Waals surface area contributed by atoms with Crippen molar-refractivity contribution in [3.63, 3.8) is 0 Å². The third-order valence-electron chi connectivity index (χ3n) is 4.25. The summed E-state index contributed by atoms with van der Waals surface area (Å²) in [4.78, 5) is 29.5. The molecule has 1 aliphatic rings. The SMILES string of the molecule is C#CCOc1c(Br)cc(/C=C2/SC(=Nc3cccc(C(=O)OCCC)c3)NC2=O)cc1OC. The maximum atomic E-state index is 12.5. The van der Waals surface area contributed by atoms with Crippen LogP contribution in [0.25, 0.3) is 6.08 Å². The Morgan fingerprint density at radius 2 is 2.15 bits per heavy atom. The highest BCUT2D eigenvalue weighted by molar-refractivity contribution is 9.10. The number of rotatable bonds is 8. The molecule has 0 unspecified atom stereocenters. The van der Waals surface area contributed by atoms with Gasteiger partial charge in [-0.25, -0.2) is 9.79 Å². The quantitative estimate of drug-likeness (QED) is 0.297.